The lowest BCUT2D eigenvalue weighted by molar-refractivity contribution is -0.131. The van der Waals surface area contributed by atoms with Gasteiger partial charge in [-0.25, -0.2) is 5.48 Å². The van der Waals surface area contributed by atoms with Gasteiger partial charge < -0.3 is 4.74 Å². The lowest BCUT2D eigenvalue weighted by Gasteiger charge is -2.07. The van der Waals surface area contributed by atoms with E-state index < -0.39 is 5.91 Å². The van der Waals surface area contributed by atoms with Gasteiger partial charge in [0.15, 0.2) is 6.61 Å². The van der Waals surface area contributed by atoms with Crippen molar-refractivity contribution in [3.63, 3.8) is 0 Å². The number of nitrogens with one attached hydrogen (secondary N) is 1. The number of hydroxylamine groups is 1. The molecule has 0 aliphatic carbocycles. The zero-order valence-corrected chi connectivity index (χ0v) is 9.67. The van der Waals surface area contributed by atoms with E-state index in [-0.39, 0.29) is 6.61 Å². The number of hydrogen-bond donors (Lipinski definition) is 2. The van der Waals surface area contributed by atoms with Crippen LogP contribution >= 0.6 is 0 Å². The highest BCUT2D eigenvalue weighted by molar-refractivity contribution is 5.76. The molecule has 0 saturated carbocycles. The molecule has 0 spiro atoms. The fraction of sp³-hybridized carbons (Fsp3) is 0.0714. The zero-order valence-electron chi connectivity index (χ0n) is 9.67. The molecule has 2 rings (SSSR count). The smallest absolute Gasteiger partial charge is 0.281 e. The van der Waals surface area contributed by atoms with Gasteiger partial charge in [0.25, 0.3) is 5.91 Å². The fourth-order valence-electron chi connectivity index (χ4n) is 1.58. The van der Waals surface area contributed by atoms with Gasteiger partial charge in [-0.3, -0.25) is 10.0 Å². The Morgan fingerprint density at radius 1 is 1.06 bits per heavy atom. The molecule has 0 aromatic heterocycles. The molecule has 92 valence electrons. The first kappa shape index (κ1) is 12.1. The highest BCUT2D eigenvalue weighted by atomic mass is 16.5. The van der Waals surface area contributed by atoms with Crippen LogP contribution in [0.3, 0.4) is 0 Å². The largest absolute Gasteiger partial charge is 0.484 e. The molecule has 0 unspecified atom stereocenters. The van der Waals surface area contributed by atoms with Crippen LogP contribution in [0.4, 0.5) is 0 Å². The summed E-state index contributed by atoms with van der Waals surface area (Å²) in [6.07, 6.45) is 0. The lowest BCUT2D eigenvalue weighted by Crippen LogP contribution is -2.25. The maximum Gasteiger partial charge on any atom is 0.281 e. The Kier molecular flexibility index (Phi) is 3.94. The normalized spacial score (nSPS) is 9.83. The molecule has 0 fully saturated rings. The molecule has 18 heavy (non-hydrogen) atoms. The average molecular weight is 243 g/mol. The van der Waals surface area contributed by atoms with Gasteiger partial charge in [0.05, 0.1) is 0 Å². The second-order valence-corrected chi connectivity index (χ2v) is 3.72. The van der Waals surface area contributed by atoms with E-state index in [4.69, 9.17) is 9.94 Å². The molecule has 4 heteroatoms. The van der Waals surface area contributed by atoms with Crippen LogP contribution in [0.5, 0.6) is 5.75 Å². The van der Waals surface area contributed by atoms with E-state index in [2.05, 4.69) is 0 Å². The third-order valence-electron chi connectivity index (χ3n) is 2.44. The average Bonchev–Trinajstić information content (AvgIpc) is 2.46. The van der Waals surface area contributed by atoms with Crippen LogP contribution in [0.25, 0.3) is 11.1 Å². The van der Waals surface area contributed by atoms with E-state index in [1.54, 1.807) is 6.07 Å². The minimum Gasteiger partial charge on any atom is -0.484 e. The molecule has 0 radical (unpaired) electrons. The number of hydrogen-bond acceptors (Lipinski definition) is 3. The van der Waals surface area contributed by atoms with E-state index in [0.29, 0.717) is 5.75 Å². The molecule has 0 saturated heterocycles. The molecular formula is C14H13NO3. The summed E-state index contributed by atoms with van der Waals surface area (Å²) in [5, 5.41) is 8.37. The van der Waals surface area contributed by atoms with Gasteiger partial charge in [-0.1, -0.05) is 42.5 Å². The third kappa shape index (κ3) is 3.09. The molecule has 0 atom stereocenters. The van der Waals surface area contributed by atoms with Gasteiger partial charge >= 0.3 is 0 Å². The predicted molar refractivity (Wildman–Crippen MR) is 67.3 cm³/mol. The van der Waals surface area contributed by atoms with Gasteiger partial charge in [0.2, 0.25) is 0 Å². The van der Waals surface area contributed by atoms with Crippen LogP contribution in [0, 0.1) is 0 Å². The first-order chi connectivity index (χ1) is 8.79. The van der Waals surface area contributed by atoms with Gasteiger partial charge in [0.1, 0.15) is 5.75 Å². The molecule has 0 bridgehead atoms. The minimum absolute atomic E-state index is 0.214. The molecule has 2 aromatic rings. The van der Waals surface area contributed by atoms with Crippen molar-refractivity contribution < 1.29 is 14.7 Å². The van der Waals surface area contributed by atoms with Crippen molar-refractivity contribution >= 4 is 5.91 Å². The predicted octanol–water partition coefficient (Wildman–Crippen LogP) is 2.24. The summed E-state index contributed by atoms with van der Waals surface area (Å²) in [5.41, 5.74) is 3.61. The monoisotopic (exact) mass is 243 g/mol. The van der Waals surface area contributed by atoms with Gasteiger partial charge in [-0.05, 0) is 23.3 Å². The highest BCUT2D eigenvalue weighted by Gasteiger charge is 2.02. The van der Waals surface area contributed by atoms with Crippen LogP contribution < -0.4 is 10.2 Å². The fourth-order valence-corrected chi connectivity index (χ4v) is 1.58. The van der Waals surface area contributed by atoms with Crippen molar-refractivity contribution in [2.24, 2.45) is 0 Å². The standard InChI is InChI=1S/C14H13NO3/c16-14(15-17)10-18-13-8-4-7-12(9-13)11-5-2-1-3-6-11/h1-9,17H,10H2,(H,15,16). The Morgan fingerprint density at radius 2 is 1.78 bits per heavy atom. The van der Waals surface area contributed by atoms with Crippen LogP contribution in [0.1, 0.15) is 0 Å². The van der Waals surface area contributed by atoms with Crippen LogP contribution in [0.2, 0.25) is 0 Å². The first-order valence-corrected chi connectivity index (χ1v) is 5.51. The zero-order chi connectivity index (χ0) is 12.8. The van der Waals surface area contributed by atoms with Crippen molar-refractivity contribution in [2.75, 3.05) is 6.61 Å². The quantitative estimate of drug-likeness (QED) is 0.639. The van der Waals surface area contributed by atoms with Crippen LogP contribution in [0.15, 0.2) is 54.6 Å². The molecule has 2 aromatic carbocycles. The first-order valence-electron chi connectivity index (χ1n) is 5.51. The van der Waals surface area contributed by atoms with E-state index in [1.807, 2.05) is 48.5 Å². The minimum atomic E-state index is -0.583. The Bertz CT molecular complexity index is 526. The van der Waals surface area contributed by atoms with Crippen molar-refractivity contribution in [3.8, 4) is 16.9 Å². The molecule has 0 aliphatic rings. The molecule has 4 nitrogen and oxygen atoms in total. The number of ether oxygens (including phenoxy) is 1. The summed E-state index contributed by atoms with van der Waals surface area (Å²) in [6.45, 7) is -0.214. The van der Waals surface area contributed by atoms with E-state index >= 15 is 0 Å². The number of carbonyl (C=O) groups excluding carboxylic acids is 1. The van der Waals surface area contributed by atoms with Crippen molar-refractivity contribution in [2.45, 2.75) is 0 Å². The van der Waals surface area contributed by atoms with Crippen molar-refractivity contribution in [1.29, 1.82) is 0 Å². The van der Waals surface area contributed by atoms with Crippen molar-refractivity contribution in [1.82, 2.24) is 5.48 Å². The van der Waals surface area contributed by atoms with E-state index in [1.165, 1.54) is 5.48 Å². The van der Waals surface area contributed by atoms with E-state index in [0.717, 1.165) is 11.1 Å². The SMILES string of the molecule is O=C(COc1cccc(-c2ccccc2)c1)NO. The van der Waals surface area contributed by atoms with E-state index in [9.17, 15) is 4.79 Å². The second kappa shape index (κ2) is 5.84. The Labute approximate surface area is 105 Å². The molecule has 1 amide bonds. The topological polar surface area (TPSA) is 58.6 Å². The molecule has 0 heterocycles. The molecular weight excluding hydrogens is 230 g/mol. The maximum atomic E-state index is 10.9. The number of rotatable bonds is 4. The van der Waals surface area contributed by atoms with Gasteiger partial charge in [-0.15, -0.1) is 0 Å². The van der Waals surface area contributed by atoms with Gasteiger partial charge in [0, 0.05) is 0 Å². The number of benzene rings is 2. The summed E-state index contributed by atoms with van der Waals surface area (Å²) < 4.78 is 5.25. The maximum absolute atomic E-state index is 10.9. The summed E-state index contributed by atoms with van der Waals surface area (Å²) in [7, 11) is 0. The van der Waals surface area contributed by atoms with Crippen molar-refractivity contribution in [3.05, 3.63) is 54.6 Å². The third-order valence-corrected chi connectivity index (χ3v) is 2.44. The summed E-state index contributed by atoms with van der Waals surface area (Å²) in [4.78, 5) is 10.9. The second-order valence-electron chi connectivity index (χ2n) is 3.72. The summed E-state index contributed by atoms with van der Waals surface area (Å²) in [6, 6.07) is 17.3. The number of amides is 1. The Hall–Kier alpha value is -2.33. The van der Waals surface area contributed by atoms with Crippen LogP contribution in [-0.4, -0.2) is 17.7 Å². The summed E-state index contributed by atoms with van der Waals surface area (Å²) in [5.74, 6) is 0.0000623. The Morgan fingerprint density at radius 3 is 2.50 bits per heavy atom. The van der Waals surface area contributed by atoms with Crippen LogP contribution in [-0.2, 0) is 4.79 Å². The highest BCUT2D eigenvalue weighted by Crippen LogP contribution is 2.23. The molecule has 0 aliphatic heterocycles. The Balaban J connectivity index is 2.13. The lowest BCUT2D eigenvalue weighted by atomic mass is 10.1. The molecule has 2 N–H and O–H groups in total. The van der Waals surface area contributed by atoms with Gasteiger partial charge in [-0.2, -0.15) is 0 Å². The summed E-state index contributed by atoms with van der Waals surface area (Å²) >= 11 is 0. The number of carbonyl (C=O) groups is 1.